The Morgan fingerprint density at radius 3 is 2.70 bits per heavy atom. The van der Waals surface area contributed by atoms with Gasteiger partial charge in [-0.05, 0) is 45.5 Å². The third kappa shape index (κ3) is 3.14. The zero-order valence-electron chi connectivity index (χ0n) is 12.2. The Kier molecular flexibility index (Phi) is 4.68. The number of halogens is 1. The van der Waals surface area contributed by atoms with Crippen LogP contribution in [0.5, 0.6) is 5.75 Å². The van der Waals surface area contributed by atoms with Gasteiger partial charge in [0.1, 0.15) is 18.1 Å². The van der Waals surface area contributed by atoms with E-state index in [4.69, 9.17) is 20.9 Å². The van der Waals surface area contributed by atoms with Crippen molar-refractivity contribution in [2.75, 3.05) is 7.05 Å². The van der Waals surface area contributed by atoms with Gasteiger partial charge >= 0.3 is 0 Å². The molecule has 1 unspecified atom stereocenters. The minimum Gasteiger partial charge on any atom is -0.487 e. The average molecular weight is 295 g/mol. The zero-order valence-corrected chi connectivity index (χ0v) is 12.9. The summed E-state index contributed by atoms with van der Waals surface area (Å²) in [5.74, 6) is 1.44. The van der Waals surface area contributed by atoms with Gasteiger partial charge in [0.15, 0.2) is 0 Å². The minimum atomic E-state index is 0.254. The van der Waals surface area contributed by atoms with Gasteiger partial charge in [0.05, 0.1) is 16.3 Å². The summed E-state index contributed by atoms with van der Waals surface area (Å²) in [4.78, 5) is 0. The molecule has 108 valence electrons. The van der Waals surface area contributed by atoms with Crippen LogP contribution in [0.2, 0.25) is 5.02 Å². The van der Waals surface area contributed by atoms with Crippen LogP contribution >= 0.6 is 11.6 Å². The van der Waals surface area contributed by atoms with Gasteiger partial charge < -0.3 is 14.6 Å². The fourth-order valence-corrected chi connectivity index (χ4v) is 2.17. The Labute approximate surface area is 124 Å². The molecule has 0 bridgehead atoms. The number of nitrogens with one attached hydrogen (secondary N) is 1. The summed E-state index contributed by atoms with van der Waals surface area (Å²) >= 11 is 6.26. The Bertz CT molecular complexity index is 576. The van der Waals surface area contributed by atoms with Crippen molar-refractivity contribution in [2.45, 2.75) is 33.4 Å². The molecule has 1 atom stereocenters. The topological polar surface area (TPSA) is 47.3 Å². The molecule has 0 aliphatic rings. The molecule has 0 spiro atoms. The van der Waals surface area contributed by atoms with Crippen LogP contribution < -0.4 is 10.1 Å². The van der Waals surface area contributed by atoms with E-state index in [2.05, 4.69) is 17.4 Å². The molecule has 0 fully saturated rings. The van der Waals surface area contributed by atoms with E-state index in [9.17, 15) is 0 Å². The quantitative estimate of drug-likeness (QED) is 0.911. The first-order chi connectivity index (χ1) is 9.52. The highest BCUT2D eigenvalue weighted by atomic mass is 35.5. The third-order valence-corrected chi connectivity index (χ3v) is 3.74. The molecule has 0 aliphatic carbocycles. The van der Waals surface area contributed by atoms with Gasteiger partial charge in [-0.15, -0.1) is 0 Å². The first-order valence-corrected chi connectivity index (χ1v) is 6.92. The molecule has 1 aromatic heterocycles. The third-order valence-electron chi connectivity index (χ3n) is 3.44. The minimum absolute atomic E-state index is 0.254. The molecular formula is C15H19ClN2O2. The number of nitrogens with zero attached hydrogens (tertiary/aromatic N) is 1. The lowest BCUT2D eigenvalue weighted by Crippen LogP contribution is -2.12. The normalized spacial score (nSPS) is 12.4. The van der Waals surface area contributed by atoms with Crippen LogP contribution in [0.25, 0.3) is 0 Å². The monoisotopic (exact) mass is 294 g/mol. The number of benzene rings is 1. The van der Waals surface area contributed by atoms with Crippen LogP contribution in [-0.4, -0.2) is 12.2 Å². The van der Waals surface area contributed by atoms with E-state index in [1.54, 1.807) is 0 Å². The number of hydrogen-bond acceptors (Lipinski definition) is 4. The van der Waals surface area contributed by atoms with Gasteiger partial charge in [0.25, 0.3) is 0 Å². The lowest BCUT2D eigenvalue weighted by atomic mass is 10.1. The molecule has 0 saturated heterocycles. The lowest BCUT2D eigenvalue weighted by molar-refractivity contribution is 0.302. The van der Waals surface area contributed by atoms with Crippen molar-refractivity contribution < 1.29 is 9.26 Å². The Hall–Kier alpha value is -1.52. The smallest absolute Gasteiger partial charge is 0.140 e. The number of aromatic nitrogens is 1. The SMILES string of the molecule is CNC(C)c1ccc(OCc2c(C)noc2C)c(Cl)c1. The molecule has 2 aromatic rings. The lowest BCUT2D eigenvalue weighted by Gasteiger charge is -2.13. The van der Waals surface area contributed by atoms with Crippen molar-refractivity contribution in [2.24, 2.45) is 0 Å². The second kappa shape index (κ2) is 6.29. The highest BCUT2D eigenvalue weighted by Gasteiger charge is 2.12. The molecular weight excluding hydrogens is 276 g/mol. The van der Waals surface area contributed by atoms with Crippen LogP contribution in [0.1, 0.15) is 35.5 Å². The zero-order chi connectivity index (χ0) is 14.7. The van der Waals surface area contributed by atoms with Crippen LogP contribution in [0, 0.1) is 13.8 Å². The standard InChI is InChI=1S/C15H19ClN2O2/c1-9(17-4)12-5-6-15(14(16)7-12)19-8-13-10(2)18-20-11(13)3/h5-7,9,17H,8H2,1-4H3. The van der Waals surface area contributed by atoms with E-state index in [0.29, 0.717) is 17.4 Å². The number of ether oxygens (including phenoxy) is 1. The number of aryl methyl sites for hydroxylation is 2. The average Bonchev–Trinajstić information content (AvgIpc) is 2.76. The second-order valence-electron chi connectivity index (χ2n) is 4.79. The van der Waals surface area contributed by atoms with Gasteiger partial charge in [-0.1, -0.05) is 22.8 Å². The number of rotatable bonds is 5. The molecule has 0 aliphatic heterocycles. The maximum atomic E-state index is 6.26. The molecule has 0 radical (unpaired) electrons. The highest BCUT2D eigenvalue weighted by Crippen LogP contribution is 2.29. The largest absolute Gasteiger partial charge is 0.487 e. The van der Waals surface area contributed by atoms with Gasteiger partial charge in [-0.2, -0.15) is 0 Å². The summed E-state index contributed by atoms with van der Waals surface area (Å²) in [5.41, 5.74) is 2.94. The van der Waals surface area contributed by atoms with E-state index in [-0.39, 0.29) is 6.04 Å². The predicted octanol–water partition coefficient (Wildman–Crippen LogP) is 3.80. The van der Waals surface area contributed by atoms with Crippen LogP contribution in [0.3, 0.4) is 0 Å². The van der Waals surface area contributed by atoms with Gasteiger partial charge in [0, 0.05) is 6.04 Å². The van der Waals surface area contributed by atoms with Gasteiger partial charge in [0.2, 0.25) is 0 Å². The van der Waals surface area contributed by atoms with E-state index >= 15 is 0 Å². The molecule has 2 rings (SSSR count). The van der Waals surface area contributed by atoms with E-state index < -0.39 is 0 Å². The molecule has 1 heterocycles. The van der Waals surface area contributed by atoms with Crippen molar-refractivity contribution in [1.29, 1.82) is 0 Å². The summed E-state index contributed by atoms with van der Waals surface area (Å²) < 4.78 is 10.9. The first-order valence-electron chi connectivity index (χ1n) is 6.54. The summed E-state index contributed by atoms with van der Waals surface area (Å²) in [6.07, 6.45) is 0. The predicted molar refractivity (Wildman–Crippen MR) is 79.2 cm³/mol. The van der Waals surface area contributed by atoms with E-state index in [1.165, 1.54) is 0 Å². The molecule has 5 heteroatoms. The molecule has 1 aromatic carbocycles. The molecule has 0 amide bonds. The van der Waals surface area contributed by atoms with E-state index in [1.807, 2.05) is 39.1 Å². The van der Waals surface area contributed by atoms with Crippen molar-refractivity contribution in [1.82, 2.24) is 10.5 Å². The van der Waals surface area contributed by atoms with Crippen LogP contribution in [-0.2, 0) is 6.61 Å². The molecule has 1 N–H and O–H groups in total. The summed E-state index contributed by atoms with van der Waals surface area (Å²) in [6, 6.07) is 6.08. The van der Waals surface area contributed by atoms with Crippen LogP contribution in [0.15, 0.2) is 22.7 Å². The van der Waals surface area contributed by atoms with Gasteiger partial charge in [-0.25, -0.2) is 0 Å². The Balaban J connectivity index is 2.11. The first kappa shape index (κ1) is 14.9. The molecule has 4 nitrogen and oxygen atoms in total. The Morgan fingerprint density at radius 2 is 2.15 bits per heavy atom. The van der Waals surface area contributed by atoms with Crippen molar-refractivity contribution >= 4 is 11.6 Å². The summed E-state index contributed by atoms with van der Waals surface area (Å²) in [5, 5.41) is 7.69. The Morgan fingerprint density at radius 1 is 1.40 bits per heavy atom. The maximum absolute atomic E-state index is 6.26. The fraction of sp³-hybridized carbons (Fsp3) is 0.400. The molecule has 20 heavy (non-hydrogen) atoms. The number of hydrogen-bond donors (Lipinski definition) is 1. The summed E-state index contributed by atoms with van der Waals surface area (Å²) in [6.45, 7) is 6.25. The highest BCUT2D eigenvalue weighted by molar-refractivity contribution is 6.32. The van der Waals surface area contributed by atoms with Crippen molar-refractivity contribution in [3.05, 3.63) is 45.8 Å². The van der Waals surface area contributed by atoms with Crippen molar-refractivity contribution in [3.63, 3.8) is 0 Å². The summed E-state index contributed by atoms with van der Waals surface area (Å²) in [7, 11) is 1.92. The maximum Gasteiger partial charge on any atom is 0.140 e. The van der Waals surface area contributed by atoms with E-state index in [0.717, 1.165) is 22.6 Å². The fourth-order valence-electron chi connectivity index (χ4n) is 1.93. The van der Waals surface area contributed by atoms with Gasteiger partial charge in [-0.3, -0.25) is 0 Å². The molecule has 0 saturated carbocycles. The van der Waals surface area contributed by atoms with Crippen molar-refractivity contribution in [3.8, 4) is 5.75 Å². The second-order valence-corrected chi connectivity index (χ2v) is 5.20. The van der Waals surface area contributed by atoms with Crippen LogP contribution in [0.4, 0.5) is 0 Å².